The molecule has 2 heterocycles. The predicted molar refractivity (Wildman–Crippen MR) is 79.7 cm³/mol. The van der Waals surface area contributed by atoms with E-state index in [2.05, 4.69) is 39.4 Å². The van der Waals surface area contributed by atoms with Gasteiger partial charge in [0.25, 0.3) is 5.95 Å². The number of para-hydroxylation sites is 1. The van der Waals surface area contributed by atoms with Crippen LogP contribution in [0, 0.1) is 0 Å². The van der Waals surface area contributed by atoms with Gasteiger partial charge >= 0.3 is 0 Å². The average Bonchev–Trinajstić information content (AvgIpc) is 2.97. The summed E-state index contributed by atoms with van der Waals surface area (Å²) in [6.45, 7) is 3.19. The Balaban J connectivity index is 1.80. The zero-order valence-corrected chi connectivity index (χ0v) is 12.4. The number of rotatable bonds is 4. The minimum Gasteiger partial charge on any atom is -0.373 e. The minimum atomic E-state index is 0.176. The highest BCUT2D eigenvalue weighted by molar-refractivity contribution is 5.40. The summed E-state index contributed by atoms with van der Waals surface area (Å²) < 4.78 is 7.58. The van der Waals surface area contributed by atoms with Gasteiger partial charge in [-0.2, -0.15) is 4.68 Å². The molecule has 0 saturated carbocycles. The fraction of sp³-hybridized carbons (Fsp3) is 0.500. The van der Waals surface area contributed by atoms with Crippen molar-refractivity contribution in [1.82, 2.24) is 25.1 Å². The standard InChI is InChI=1S/C14H20N6O/c1-18(2)10-13-11-19(8-9-21-13)14-15-16-17-20(14)12-6-4-3-5-7-12/h3-7,13H,8-11H2,1-2H3. The maximum absolute atomic E-state index is 5.80. The van der Waals surface area contributed by atoms with Crippen molar-refractivity contribution in [2.24, 2.45) is 0 Å². The van der Waals surface area contributed by atoms with E-state index in [9.17, 15) is 0 Å². The summed E-state index contributed by atoms with van der Waals surface area (Å²) in [5.41, 5.74) is 0.966. The SMILES string of the molecule is CN(C)CC1CN(c2nnnn2-c2ccccc2)CCO1. The molecule has 7 heteroatoms. The minimum absolute atomic E-state index is 0.176. The summed E-state index contributed by atoms with van der Waals surface area (Å²) >= 11 is 0. The first-order valence-electron chi connectivity index (χ1n) is 7.09. The molecule has 0 aliphatic carbocycles. The molecule has 1 fully saturated rings. The van der Waals surface area contributed by atoms with Crippen LogP contribution < -0.4 is 4.90 Å². The van der Waals surface area contributed by atoms with E-state index < -0.39 is 0 Å². The number of likely N-dealkylation sites (N-methyl/N-ethyl adjacent to an activating group) is 1. The molecule has 1 unspecified atom stereocenters. The highest BCUT2D eigenvalue weighted by atomic mass is 16.5. The average molecular weight is 288 g/mol. The lowest BCUT2D eigenvalue weighted by atomic mass is 10.2. The Morgan fingerprint density at radius 1 is 1.29 bits per heavy atom. The molecule has 0 bridgehead atoms. The van der Waals surface area contributed by atoms with Gasteiger partial charge in [0.1, 0.15) is 0 Å². The van der Waals surface area contributed by atoms with Crippen molar-refractivity contribution in [2.75, 3.05) is 45.2 Å². The Bertz CT molecular complexity index is 570. The van der Waals surface area contributed by atoms with E-state index in [4.69, 9.17) is 4.74 Å². The third-order valence-electron chi connectivity index (χ3n) is 3.44. The number of hydrogen-bond acceptors (Lipinski definition) is 6. The van der Waals surface area contributed by atoms with Gasteiger partial charge < -0.3 is 14.5 Å². The third kappa shape index (κ3) is 3.20. The first-order chi connectivity index (χ1) is 10.2. The molecule has 1 atom stereocenters. The zero-order valence-electron chi connectivity index (χ0n) is 12.4. The highest BCUT2D eigenvalue weighted by Crippen LogP contribution is 2.18. The van der Waals surface area contributed by atoms with E-state index in [1.54, 1.807) is 4.68 Å². The maximum Gasteiger partial charge on any atom is 0.250 e. The Morgan fingerprint density at radius 2 is 2.10 bits per heavy atom. The van der Waals surface area contributed by atoms with E-state index in [-0.39, 0.29) is 6.10 Å². The lowest BCUT2D eigenvalue weighted by Gasteiger charge is -2.34. The molecule has 7 nitrogen and oxygen atoms in total. The van der Waals surface area contributed by atoms with Crippen LogP contribution in [0.3, 0.4) is 0 Å². The van der Waals surface area contributed by atoms with Crippen molar-refractivity contribution in [3.63, 3.8) is 0 Å². The van der Waals surface area contributed by atoms with Crippen molar-refractivity contribution >= 4 is 5.95 Å². The molecule has 1 aliphatic rings. The predicted octanol–water partition coefficient (Wildman–Crippen LogP) is 0.429. The van der Waals surface area contributed by atoms with Gasteiger partial charge in [-0.3, -0.25) is 0 Å². The zero-order chi connectivity index (χ0) is 14.7. The van der Waals surface area contributed by atoms with Gasteiger partial charge in [0.15, 0.2) is 0 Å². The number of ether oxygens (including phenoxy) is 1. The van der Waals surface area contributed by atoms with Crippen LogP contribution in [0.5, 0.6) is 0 Å². The smallest absolute Gasteiger partial charge is 0.250 e. The summed E-state index contributed by atoms with van der Waals surface area (Å²) in [6.07, 6.45) is 0.176. The summed E-state index contributed by atoms with van der Waals surface area (Å²) in [5, 5.41) is 12.1. The lowest BCUT2D eigenvalue weighted by Crippen LogP contribution is -2.47. The number of hydrogen-bond donors (Lipinski definition) is 0. The second-order valence-electron chi connectivity index (χ2n) is 5.43. The first kappa shape index (κ1) is 14.0. The van der Waals surface area contributed by atoms with Crippen LogP contribution >= 0.6 is 0 Å². The second-order valence-corrected chi connectivity index (χ2v) is 5.43. The monoisotopic (exact) mass is 288 g/mol. The molecular formula is C14H20N6O. The molecule has 21 heavy (non-hydrogen) atoms. The normalized spacial score (nSPS) is 19.2. The van der Waals surface area contributed by atoms with Gasteiger partial charge in [-0.05, 0) is 36.7 Å². The molecule has 1 aliphatic heterocycles. The van der Waals surface area contributed by atoms with Gasteiger partial charge in [0.2, 0.25) is 0 Å². The van der Waals surface area contributed by atoms with E-state index >= 15 is 0 Å². The van der Waals surface area contributed by atoms with Crippen LogP contribution in [0.25, 0.3) is 5.69 Å². The molecule has 1 aromatic carbocycles. The summed E-state index contributed by atoms with van der Waals surface area (Å²) in [7, 11) is 4.10. The molecule has 0 N–H and O–H groups in total. The fourth-order valence-electron chi connectivity index (χ4n) is 2.53. The number of benzene rings is 1. The van der Waals surface area contributed by atoms with Gasteiger partial charge in [-0.15, -0.1) is 0 Å². The Hall–Kier alpha value is -1.99. The number of anilines is 1. The van der Waals surface area contributed by atoms with Crippen molar-refractivity contribution in [3.8, 4) is 5.69 Å². The van der Waals surface area contributed by atoms with Gasteiger partial charge in [-0.25, -0.2) is 0 Å². The molecule has 0 spiro atoms. The molecule has 1 aromatic heterocycles. The quantitative estimate of drug-likeness (QED) is 0.813. The topological polar surface area (TPSA) is 59.3 Å². The van der Waals surface area contributed by atoms with E-state index in [1.807, 2.05) is 30.3 Å². The summed E-state index contributed by atoms with van der Waals surface area (Å²) in [5.74, 6) is 0.772. The molecule has 112 valence electrons. The van der Waals surface area contributed by atoms with Crippen LogP contribution in [-0.4, -0.2) is 71.5 Å². The Labute approximate surface area is 124 Å². The van der Waals surface area contributed by atoms with Crippen molar-refractivity contribution in [1.29, 1.82) is 0 Å². The Kier molecular flexibility index (Phi) is 4.12. The van der Waals surface area contributed by atoms with Crippen LogP contribution in [-0.2, 0) is 4.74 Å². The third-order valence-corrected chi connectivity index (χ3v) is 3.44. The van der Waals surface area contributed by atoms with Gasteiger partial charge in [-0.1, -0.05) is 23.3 Å². The number of aromatic nitrogens is 4. The first-order valence-corrected chi connectivity index (χ1v) is 7.09. The van der Waals surface area contributed by atoms with E-state index in [0.29, 0.717) is 6.61 Å². The number of tetrazole rings is 1. The fourth-order valence-corrected chi connectivity index (χ4v) is 2.53. The second kappa shape index (κ2) is 6.19. The van der Waals surface area contributed by atoms with Crippen LogP contribution in [0.2, 0.25) is 0 Å². The van der Waals surface area contributed by atoms with E-state index in [1.165, 1.54) is 0 Å². The van der Waals surface area contributed by atoms with Gasteiger partial charge in [0.05, 0.1) is 18.4 Å². The molecule has 0 amide bonds. The largest absolute Gasteiger partial charge is 0.373 e. The molecule has 0 radical (unpaired) electrons. The van der Waals surface area contributed by atoms with Crippen molar-refractivity contribution < 1.29 is 4.74 Å². The highest BCUT2D eigenvalue weighted by Gasteiger charge is 2.25. The Morgan fingerprint density at radius 3 is 2.86 bits per heavy atom. The lowest BCUT2D eigenvalue weighted by molar-refractivity contribution is 0.0241. The summed E-state index contributed by atoms with van der Waals surface area (Å²) in [6, 6.07) is 9.94. The van der Waals surface area contributed by atoms with Crippen LogP contribution in [0.1, 0.15) is 0 Å². The van der Waals surface area contributed by atoms with Crippen LogP contribution in [0.4, 0.5) is 5.95 Å². The van der Waals surface area contributed by atoms with Crippen LogP contribution in [0.15, 0.2) is 30.3 Å². The van der Waals surface area contributed by atoms with Crippen molar-refractivity contribution in [2.45, 2.75) is 6.10 Å². The van der Waals surface area contributed by atoms with E-state index in [0.717, 1.165) is 31.3 Å². The van der Waals surface area contributed by atoms with Gasteiger partial charge in [0, 0.05) is 19.6 Å². The molecular weight excluding hydrogens is 268 g/mol. The van der Waals surface area contributed by atoms with Crippen molar-refractivity contribution in [3.05, 3.63) is 30.3 Å². The maximum atomic E-state index is 5.80. The molecule has 3 rings (SSSR count). The summed E-state index contributed by atoms with van der Waals surface area (Å²) in [4.78, 5) is 4.32. The number of nitrogens with zero attached hydrogens (tertiary/aromatic N) is 6. The molecule has 1 saturated heterocycles. The number of morpholine rings is 1. The molecule has 2 aromatic rings.